The van der Waals surface area contributed by atoms with Crippen molar-refractivity contribution in [3.05, 3.63) is 93.2 Å². The standard InChI is InChI=1S/C23H16Cl2FNO2/c1-28-23-11-15(10-17(13-27)19-4-2-3-5-21(19)26)6-9-22(23)29-14-16-7-8-18(24)12-20(16)25/h2-12H,14H2,1H3/b17-10-. The molecule has 0 saturated heterocycles. The van der Waals surface area contributed by atoms with E-state index >= 15 is 0 Å². The minimum atomic E-state index is -0.452. The maximum atomic E-state index is 14.0. The van der Waals surface area contributed by atoms with Gasteiger partial charge in [0.2, 0.25) is 0 Å². The molecule has 0 spiro atoms. The van der Waals surface area contributed by atoms with E-state index in [2.05, 4.69) is 0 Å². The number of allylic oxidation sites excluding steroid dienone is 1. The number of hydrogen-bond acceptors (Lipinski definition) is 3. The van der Waals surface area contributed by atoms with E-state index in [1.807, 2.05) is 6.07 Å². The molecule has 3 nitrogen and oxygen atoms in total. The predicted octanol–water partition coefficient (Wildman–Crippen LogP) is 6.78. The van der Waals surface area contributed by atoms with Crippen molar-refractivity contribution in [2.75, 3.05) is 7.11 Å². The molecular formula is C23H16Cl2FNO2. The molecule has 0 bridgehead atoms. The lowest BCUT2D eigenvalue weighted by Crippen LogP contribution is -1.98. The number of nitrogens with zero attached hydrogens (tertiary/aromatic N) is 1. The van der Waals surface area contributed by atoms with E-state index in [4.69, 9.17) is 32.7 Å². The molecule has 0 aliphatic heterocycles. The highest BCUT2D eigenvalue weighted by molar-refractivity contribution is 6.35. The molecule has 0 aliphatic rings. The Hall–Kier alpha value is -3.00. The Labute approximate surface area is 178 Å². The molecule has 0 heterocycles. The Balaban J connectivity index is 1.85. The lowest BCUT2D eigenvalue weighted by molar-refractivity contribution is 0.284. The van der Waals surface area contributed by atoms with Gasteiger partial charge in [0.05, 0.1) is 18.8 Å². The van der Waals surface area contributed by atoms with E-state index in [0.717, 1.165) is 5.56 Å². The Bertz CT molecular complexity index is 1110. The normalized spacial score (nSPS) is 11.1. The first-order valence-electron chi connectivity index (χ1n) is 8.63. The van der Waals surface area contributed by atoms with Gasteiger partial charge in [-0.05, 0) is 42.0 Å². The maximum Gasteiger partial charge on any atom is 0.161 e. The number of rotatable bonds is 6. The molecule has 0 saturated carbocycles. The van der Waals surface area contributed by atoms with Crippen LogP contribution in [0.5, 0.6) is 11.5 Å². The molecule has 0 radical (unpaired) electrons. The molecule has 0 aliphatic carbocycles. The van der Waals surface area contributed by atoms with E-state index in [1.54, 1.807) is 60.7 Å². The zero-order valence-corrected chi connectivity index (χ0v) is 17.0. The molecule has 6 heteroatoms. The lowest BCUT2D eigenvalue weighted by atomic mass is 10.0. The fourth-order valence-electron chi connectivity index (χ4n) is 2.70. The molecule has 0 amide bonds. The molecule has 3 aromatic rings. The highest BCUT2D eigenvalue weighted by atomic mass is 35.5. The average Bonchev–Trinajstić information content (AvgIpc) is 2.72. The molecule has 0 atom stereocenters. The van der Waals surface area contributed by atoms with E-state index < -0.39 is 5.82 Å². The van der Waals surface area contributed by atoms with Gasteiger partial charge in [-0.3, -0.25) is 0 Å². The average molecular weight is 428 g/mol. The van der Waals surface area contributed by atoms with Gasteiger partial charge < -0.3 is 9.47 Å². The van der Waals surface area contributed by atoms with Gasteiger partial charge in [0.1, 0.15) is 12.4 Å². The van der Waals surface area contributed by atoms with Crippen LogP contribution in [-0.2, 0) is 6.61 Å². The van der Waals surface area contributed by atoms with Crippen LogP contribution in [0.2, 0.25) is 10.0 Å². The molecular weight excluding hydrogens is 412 g/mol. The van der Waals surface area contributed by atoms with Crippen molar-refractivity contribution >= 4 is 34.9 Å². The fourth-order valence-corrected chi connectivity index (χ4v) is 3.17. The topological polar surface area (TPSA) is 42.2 Å². The molecule has 146 valence electrons. The summed E-state index contributed by atoms with van der Waals surface area (Å²) in [4.78, 5) is 0. The van der Waals surface area contributed by atoms with Crippen LogP contribution in [0.25, 0.3) is 11.6 Å². The molecule has 0 fully saturated rings. The fraction of sp³-hybridized carbons (Fsp3) is 0.0870. The molecule has 29 heavy (non-hydrogen) atoms. The first kappa shape index (κ1) is 20.7. The SMILES string of the molecule is COc1cc(/C=C(/C#N)c2ccccc2F)ccc1OCc1ccc(Cl)cc1Cl. The summed E-state index contributed by atoms with van der Waals surface area (Å²) < 4.78 is 25.2. The van der Waals surface area contributed by atoms with Crippen LogP contribution >= 0.6 is 23.2 Å². The first-order valence-corrected chi connectivity index (χ1v) is 9.39. The van der Waals surface area contributed by atoms with Crippen LogP contribution in [0, 0.1) is 17.1 Å². The molecule has 0 N–H and O–H groups in total. The minimum absolute atomic E-state index is 0.215. The summed E-state index contributed by atoms with van der Waals surface area (Å²) in [6.07, 6.45) is 1.60. The quantitative estimate of drug-likeness (QED) is 0.321. The third-order valence-corrected chi connectivity index (χ3v) is 4.77. The zero-order chi connectivity index (χ0) is 20.8. The Morgan fingerprint density at radius 1 is 1.07 bits per heavy atom. The van der Waals surface area contributed by atoms with E-state index in [1.165, 1.54) is 13.2 Å². The largest absolute Gasteiger partial charge is 0.493 e. The number of methoxy groups -OCH3 is 1. The van der Waals surface area contributed by atoms with Crippen molar-refractivity contribution in [1.29, 1.82) is 5.26 Å². The van der Waals surface area contributed by atoms with Crippen molar-refractivity contribution < 1.29 is 13.9 Å². The van der Waals surface area contributed by atoms with Crippen molar-refractivity contribution in [1.82, 2.24) is 0 Å². The second-order valence-electron chi connectivity index (χ2n) is 6.08. The van der Waals surface area contributed by atoms with Gasteiger partial charge in [-0.15, -0.1) is 0 Å². The van der Waals surface area contributed by atoms with Crippen LogP contribution < -0.4 is 9.47 Å². The summed E-state index contributed by atoms with van der Waals surface area (Å²) in [6.45, 7) is 0.236. The van der Waals surface area contributed by atoms with E-state index in [-0.39, 0.29) is 17.7 Å². The van der Waals surface area contributed by atoms with E-state index in [0.29, 0.717) is 27.1 Å². The second kappa shape index (κ2) is 9.47. The first-order chi connectivity index (χ1) is 14.0. The van der Waals surface area contributed by atoms with Gasteiger partial charge in [-0.2, -0.15) is 5.26 Å². The zero-order valence-electron chi connectivity index (χ0n) is 15.5. The number of ether oxygens (including phenoxy) is 2. The number of benzene rings is 3. The van der Waals surface area contributed by atoms with Gasteiger partial charge in [-0.25, -0.2) is 4.39 Å². The number of hydrogen-bond donors (Lipinski definition) is 0. The molecule has 0 aromatic heterocycles. The van der Waals surface area contributed by atoms with Crippen LogP contribution in [-0.4, -0.2) is 7.11 Å². The van der Waals surface area contributed by atoms with Crippen LogP contribution in [0.4, 0.5) is 4.39 Å². The van der Waals surface area contributed by atoms with Crippen molar-refractivity contribution in [2.45, 2.75) is 6.61 Å². The van der Waals surface area contributed by atoms with Crippen molar-refractivity contribution in [3.63, 3.8) is 0 Å². The third-order valence-electron chi connectivity index (χ3n) is 4.18. The van der Waals surface area contributed by atoms with E-state index in [9.17, 15) is 9.65 Å². The Morgan fingerprint density at radius 3 is 2.55 bits per heavy atom. The minimum Gasteiger partial charge on any atom is -0.493 e. The van der Waals surface area contributed by atoms with Crippen LogP contribution in [0.3, 0.4) is 0 Å². The smallest absolute Gasteiger partial charge is 0.161 e. The summed E-state index contributed by atoms with van der Waals surface area (Å²) in [7, 11) is 1.52. The number of nitriles is 1. The second-order valence-corrected chi connectivity index (χ2v) is 6.93. The highest BCUT2D eigenvalue weighted by Crippen LogP contribution is 2.31. The van der Waals surface area contributed by atoms with Gasteiger partial charge >= 0.3 is 0 Å². The van der Waals surface area contributed by atoms with Gasteiger partial charge in [-0.1, -0.05) is 53.5 Å². The maximum absolute atomic E-state index is 14.0. The lowest BCUT2D eigenvalue weighted by Gasteiger charge is -2.12. The molecule has 3 aromatic carbocycles. The Kier molecular flexibility index (Phi) is 6.77. The molecule has 0 unspecified atom stereocenters. The van der Waals surface area contributed by atoms with Gasteiger partial charge in [0.15, 0.2) is 11.5 Å². The number of halogens is 3. The molecule has 3 rings (SSSR count). The summed E-state index contributed by atoms with van der Waals surface area (Å²) in [5.41, 5.74) is 1.92. The van der Waals surface area contributed by atoms with Crippen molar-refractivity contribution in [3.8, 4) is 17.6 Å². The monoisotopic (exact) mass is 427 g/mol. The summed E-state index contributed by atoms with van der Waals surface area (Å²) in [5.74, 6) is 0.543. The highest BCUT2D eigenvalue weighted by Gasteiger charge is 2.10. The summed E-state index contributed by atoms with van der Waals surface area (Å²) in [5, 5.41) is 10.5. The van der Waals surface area contributed by atoms with Crippen LogP contribution in [0.15, 0.2) is 60.7 Å². The summed E-state index contributed by atoms with van der Waals surface area (Å²) in [6, 6.07) is 18.6. The van der Waals surface area contributed by atoms with Gasteiger partial charge in [0.25, 0.3) is 0 Å². The predicted molar refractivity (Wildman–Crippen MR) is 114 cm³/mol. The van der Waals surface area contributed by atoms with Gasteiger partial charge in [0, 0.05) is 21.2 Å². The van der Waals surface area contributed by atoms with Crippen LogP contribution in [0.1, 0.15) is 16.7 Å². The Morgan fingerprint density at radius 2 is 1.86 bits per heavy atom. The van der Waals surface area contributed by atoms with Crippen molar-refractivity contribution in [2.24, 2.45) is 0 Å². The summed E-state index contributed by atoms with van der Waals surface area (Å²) >= 11 is 12.1. The third kappa shape index (κ3) is 5.08.